The van der Waals surface area contributed by atoms with Crippen molar-refractivity contribution < 1.29 is 4.39 Å². The number of hydrogen-bond acceptors (Lipinski definition) is 2. The van der Waals surface area contributed by atoms with Gasteiger partial charge >= 0.3 is 0 Å². The molecule has 110 valence electrons. The van der Waals surface area contributed by atoms with Crippen molar-refractivity contribution in [1.82, 2.24) is 0 Å². The second-order valence-electron chi connectivity index (χ2n) is 5.67. The Bertz CT molecular complexity index is 618. The van der Waals surface area contributed by atoms with Crippen molar-refractivity contribution in [3.8, 4) is 0 Å². The maximum absolute atomic E-state index is 13.1. The molecule has 1 saturated heterocycles. The minimum atomic E-state index is -0.174. The average Bonchev–Trinajstić information content (AvgIpc) is 3.01. The van der Waals surface area contributed by atoms with Gasteiger partial charge in [0.2, 0.25) is 0 Å². The van der Waals surface area contributed by atoms with Crippen LogP contribution in [0.5, 0.6) is 0 Å². The molecule has 0 radical (unpaired) electrons. The lowest BCUT2D eigenvalue weighted by Gasteiger charge is -2.19. The second kappa shape index (κ2) is 6.17. The third-order valence-electron chi connectivity index (χ3n) is 4.10. The molecule has 2 aromatic carbocycles. The molecule has 1 aliphatic rings. The second-order valence-corrected chi connectivity index (χ2v) is 5.67. The molecule has 0 saturated carbocycles. The zero-order valence-corrected chi connectivity index (χ0v) is 12.4. The van der Waals surface area contributed by atoms with Gasteiger partial charge in [0, 0.05) is 31.0 Å². The van der Waals surface area contributed by atoms with Gasteiger partial charge in [-0.05, 0) is 61.2 Å². The van der Waals surface area contributed by atoms with Crippen molar-refractivity contribution >= 4 is 11.4 Å². The van der Waals surface area contributed by atoms with Crippen molar-refractivity contribution in [2.24, 2.45) is 0 Å². The molecule has 0 aliphatic carbocycles. The molecule has 0 atom stereocenters. The number of anilines is 2. The summed E-state index contributed by atoms with van der Waals surface area (Å²) in [6.07, 6.45) is 2.57. The highest BCUT2D eigenvalue weighted by atomic mass is 19.1. The van der Waals surface area contributed by atoms with Gasteiger partial charge < -0.3 is 10.2 Å². The maximum atomic E-state index is 13.1. The van der Waals surface area contributed by atoms with Crippen molar-refractivity contribution in [2.75, 3.05) is 23.3 Å². The van der Waals surface area contributed by atoms with Crippen LogP contribution >= 0.6 is 0 Å². The monoisotopic (exact) mass is 284 g/mol. The maximum Gasteiger partial charge on any atom is 0.123 e. The standard InChI is InChI=1S/C18H21FN2/c1-14-11-16(19)8-7-15(14)13-20-17-5-4-6-18(12-17)21-9-2-3-10-21/h4-8,11-12,20H,2-3,9-10,13H2,1H3. The third-order valence-corrected chi connectivity index (χ3v) is 4.10. The number of benzene rings is 2. The van der Waals surface area contributed by atoms with Gasteiger partial charge in [-0.2, -0.15) is 0 Å². The molecule has 3 heteroatoms. The van der Waals surface area contributed by atoms with E-state index < -0.39 is 0 Å². The SMILES string of the molecule is Cc1cc(F)ccc1CNc1cccc(N2CCCC2)c1. The molecule has 1 heterocycles. The van der Waals surface area contributed by atoms with Crippen LogP contribution in [0.2, 0.25) is 0 Å². The van der Waals surface area contributed by atoms with E-state index in [0.717, 1.165) is 36.4 Å². The van der Waals surface area contributed by atoms with E-state index in [9.17, 15) is 4.39 Å². The van der Waals surface area contributed by atoms with Crippen LogP contribution < -0.4 is 10.2 Å². The van der Waals surface area contributed by atoms with Gasteiger partial charge in [-0.25, -0.2) is 4.39 Å². The van der Waals surface area contributed by atoms with E-state index in [4.69, 9.17) is 0 Å². The Kier molecular flexibility index (Phi) is 4.09. The first-order valence-electron chi connectivity index (χ1n) is 7.56. The average molecular weight is 284 g/mol. The van der Waals surface area contributed by atoms with Crippen LogP contribution in [0.1, 0.15) is 24.0 Å². The molecular formula is C18H21FN2. The lowest BCUT2D eigenvalue weighted by Crippen LogP contribution is -2.17. The van der Waals surface area contributed by atoms with Crippen LogP contribution in [0.15, 0.2) is 42.5 Å². The molecule has 0 unspecified atom stereocenters. The Morgan fingerprint density at radius 2 is 1.90 bits per heavy atom. The van der Waals surface area contributed by atoms with E-state index in [2.05, 4.69) is 34.5 Å². The van der Waals surface area contributed by atoms with Crippen LogP contribution in [0.4, 0.5) is 15.8 Å². The Hall–Kier alpha value is -2.03. The third kappa shape index (κ3) is 3.35. The summed E-state index contributed by atoms with van der Waals surface area (Å²) in [6.45, 7) is 4.97. The fourth-order valence-electron chi connectivity index (χ4n) is 2.84. The van der Waals surface area contributed by atoms with Gasteiger partial charge in [0.25, 0.3) is 0 Å². The molecule has 2 nitrogen and oxygen atoms in total. The van der Waals surface area contributed by atoms with Crippen LogP contribution in [-0.2, 0) is 6.54 Å². The van der Waals surface area contributed by atoms with Crippen molar-refractivity contribution in [3.05, 3.63) is 59.4 Å². The molecular weight excluding hydrogens is 263 g/mol. The Balaban J connectivity index is 1.68. The molecule has 0 amide bonds. The van der Waals surface area contributed by atoms with Gasteiger partial charge in [-0.15, -0.1) is 0 Å². The zero-order valence-electron chi connectivity index (χ0n) is 12.4. The van der Waals surface area contributed by atoms with Gasteiger partial charge in [-0.3, -0.25) is 0 Å². The van der Waals surface area contributed by atoms with Gasteiger partial charge in [-0.1, -0.05) is 12.1 Å². The minimum absolute atomic E-state index is 0.174. The van der Waals surface area contributed by atoms with Crippen LogP contribution in [0, 0.1) is 12.7 Å². The predicted octanol–water partition coefficient (Wildman–Crippen LogP) is 4.35. The van der Waals surface area contributed by atoms with E-state index in [1.165, 1.54) is 24.6 Å². The van der Waals surface area contributed by atoms with Crippen LogP contribution in [0.25, 0.3) is 0 Å². The highest BCUT2D eigenvalue weighted by molar-refractivity contribution is 5.58. The normalized spacial score (nSPS) is 14.5. The van der Waals surface area contributed by atoms with E-state index in [1.54, 1.807) is 6.07 Å². The smallest absolute Gasteiger partial charge is 0.123 e. The molecule has 1 fully saturated rings. The first kappa shape index (κ1) is 13.9. The predicted molar refractivity (Wildman–Crippen MR) is 86.4 cm³/mol. The molecule has 1 N–H and O–H groups in total. The molecule has 3 rings (SSSR count). The largest absolute Gasteiger partial charge is 0.381 e. The molecule has 2 aromatic rings. The van der Waals surface area contributed by atoms with Gasteiger partial charge in [0.1, 0.15) is 5.82 Å². The molecule has 0 spiro atoms. The van der Waals surface area contributed by atoms with Gasteiger partial charge in [0.15, 0.2) is 0 Å². The Morgan fingerprint density at radius 3 is 2.67 bits per heavy atom. The molecule has 0 aromatic heterocycles. The number of aryl methyl sites for hydroxylation is 1. The molecule has 1 aliphatic heterocycles. The summed E-state index contributed by atoms with van der Waals surface area (Å²) in [5.41, 5.74) is 4.51. The lowest BCUT2D eigenvalue weighted by molar-refractivity contribution is 0.625. The highest BCUT2D eigenvalue weighted by Gasteiger charge is 2.12. The highest BCUT2D eigenvalue weighted by Crippen LogP contribution is 2.23. The summed E-state index contributed by atoms with van der Waals surface area (Å²) in [5, 5.41) is 3.44. The minimum Gasteiger partial charge on any atom is -0.381 e. The number of rotatable bonds is 4. The van der Waals surface area contributed by atoms with Crippen molar-refractivity contribution in [3.63, 3.8) is 0 Å². The Morgan fingerprint density at radius 1 is 1.10 bits per heavy atom. The van der Waals surface area contributed by atoms with Crippen molar-refractivity contribution in [1.29, 1.82) is 0 Å². The van der Waals surface area contributed by atoms with Crippen molar-refractivity contribution in [2.45, 2.75) is 26.3 Å². The number of nitrogens with zero attached hydrogens (tertiary/aromatic N) is 1. The summed E-state index contributed by atoms with van der Waals surface area (Å²) < 4.78 is 13.1. The van der Waals surface area contributed by atoms with Gasteiger partial charge in [0.05, 0.1) is 0 Å². The zero-order chi connectivity index (χ0) is 14.7. The van der Waals surface area contributed by atoms with E-state index >= 15 is 0 Å². The fourth-order valence-corrected chi connectivity index (χ4v) is 2.84. The molecule has 21 heavy (non-hydrogen) atoms. The Labute approximate surface area is 125 Å². The lowest BCUT2D eigenvalue weighted by atomic mass is 10.1. The summed E-state index contributed by atoms with van der Waals surface area (Å²) in [7, 11) is 0. The number of halogens is 1. The first-order chi connectivity index (χ1) is 10.2. The summed E-state index contributed by atoms with van der Waals surface area (Å²) in [6, 6.07) is 13.5. The summed E-state index contributed by atoms with van der Waals surface area (Å²) in [5.74, 6) is -0.174. The summed E-state index contributed by atoms with van der Waals surface area (Å²) >= 11 is 0. The van der Waals surface area contributed by atoms with Crippen LogP contribution in [-0.4, -0.2) is 13.1 Å². The summed E-state index contributed by atoms with van der Waals surface area (Å²) in [4.78, 5) is 2.42. The fraction of sp³-hybridized carbons (Fsp3) is 0.333. The first-order valence-corrected chi connectivity index (χ1v) is 7.56. The quantitative estimate of drug-likeness (QED) is 0.898. The van der Waals surface area contributed by atoms with Crippen LogP contribution in [0.3, 0.4) is 0 Å². The number of hydrogen-bond donors (Lipinski definition) is 1. The topological polar surface area (TPSA) is 15.3 Å². The molecule has 0 bridgehead atoms. The number of nitrogens with one attached hydrogen (secondary N) is 1. The van der Waals surface area contributed by atoms with E-state index in [1.807, 2.05) is 13.0 Å². The van der Waals surface area contributed by atoms with E-state index in [0.29, 0.717) is 0 Å². The van der Waals surface area contributed by atoms with E-state index in [-0.39, 0.29) is 5.82 Å².